The van der Waals surface area contributed by atoms with Crippen LogP contribution in [0.5, 0.6) is 5.75 Å². The van der Waals surface area contributed by atoms with Gasteiger partial charge in [-0.15, -0.1) is 23.4 Å². The minimum atomic E-state index is 0.534. The lowest BCUT2D eigenvalue weighted by Gasteiger charge is -2.09. The molecule has 1 nitrogen and oxygen atoms in total. The molecule has 0 saturated carbocycles. The molecule has 1 unspecified atom stereocenters. The van der Waals surface area contributed by atoms with E-state index in [2.05, 4.69) is 13.0 Å². The van der Waals surface area contributed by atoms with Crippen molar-refractivity contribution in [2.75, 3.05) is 18.7 Å². The Morgan fingerprint density at radius 1 is 1.43 bits per heavy atom. The Morgan fingerprint density at radius 2 is 2.14 bits per heavy atom. The van der Waals surface area contributed by atoms with Crippen molar-refractivity contribution in [3.8, 4) is 5.75 Å². The molecule has 0 aliphatic heterocycles. The van der Waals surface area contributed by atoms with Gasteiger partial charge in [0, 0.05) is 16.5 Å². The molecule has 0 radical (unpaired) electrons. The average Bonchev–Trinajstić information content (AvgIpc) is 2.26. The van der Waals surface area contributed by atoms with Crippen LogP contribution in [0.4, 0.5) is 0 Å². The molecule has 1 rings (SSSR count). The third-order valence-electron chi connectivity index (χ3n) is 1.86. The Kier molecular flexibility index (Phi) is 5.20. The predicted octanol–water partition coefficient (Wildman–Crippen LogP) is 3.66. The first-order valence-electron chi connectivity index (χ1n) is 4.59. The predicted molar refractivity (Wildman–Crippen MR) is 63.6 cm³/mol. The van der Waals surface area contributed by atoms with Crippen molar-refractivity contribution in [1.82, 2.24) is 0 Å². The molecule has 1 aromatic rings. The van der Waals surface area contributed by atoms with Gasteiger partial charge in [0.05, 0.1) is 7.11 Å². The molecule has 78 valence electrons. The highest BCUT2D eigenvalue weighted by atomic mass is 35.5. The van der Waals surface area contributed by atoms with Gasteiger partial charge < -0.3 is 4.74 Å². The molecule has 0 heterocycles. The van der Waals surface area contributed by atoms with Crippen LogP contribution in [0.15, 0.2) is 29.2 Å². The lowest BCUT2D eigenvalue weighted by atomic mass is 10.3. The van der Waals surface area contributed by atoms with Crippen LogP contribution in [0.2, 0.25) is 0 Å². The molecule has 14 heavy (non-hydrogen) atoms. The molecule has 0 fully saturated rings. The molecule has 0 bridgehead atoms. The van der Waals surface area contributed by atoms with Gasteiger partial charge in [-0.25, -0.2) is 0 Å². The van der Waals surface area contributed by atoms with Gasteiger partial charge in [-0.2, -0.15) is 0 Å². The molecule has 0 amide bonds. The number of ether oxygens (including phenoxy) is 1. The average molecular weight is 231 g/mol. The summed E-state index contributed by atoms with van der Waals surface area (Å²) in [5.41, 5.74) is 0. The molecule has 1 aromatic carbocycles. The van der Waals surface area contributed by atoms with Gasteiger partial charge in [-0.05, 0) is 18.1 Å². The molecule has 3 heteroatoms. The fourth-order valence-electron chi connectivity index (χ4n) is 1.01. The number of hydrogen-bond donors (Lipinski definition) is 0. The second-order valence-corrected chi connectivity index (χ2v) is 4.59. The lowest BCUT2D eigenvalue weighted by molar-refractivity contribution is 0.405. The lowest BCUT2D eigenvalue weighted by Crippen LogP contribution is -1.99. The van der Waals surface area contributed by atoms with Crippen LogP contribution in [0.25, 0.3) is 0 Å². The highest BCUT2D eigenvalue weighted by molar-refractivity contribution is 7.99. The van der Waals surface area contributed by atoms with Gasteiger partial charge in [-0.1, -0.05) is 19.1 Å². The largest absolute Gasteiger partial charge is 0.496 e. The van der Waals surface area contributed by atoms with Crippen molar-refractivity contribution in [3.63, 3.8) is 0 Å². The van der Waals surface area contributed by atoms with E-state index in [0.717, 1.165) is 11.5 Å². The Balaban J connectivity index is 2.57. The maximum atomic E-state index is 5.75. The zero-order valence-corrected chi connectivity index (χ0v) is 10.1. The minimum absolute atomic E-state index is 0.534. The van der Waals surface area contributed by atoms with Crippen molar-refractivity contribution in [2.24, 2.45) is 5.92 Å². The van der Waals surface area contributed by atoms with E-state index in [1.165, 1.54) is 4.90 Å². The minimum Gasteiger partial charge on any atom is -0.496 e. The van der Waals surface area contributed by atoms with E-state index < -0.39 is 0 Å². The highest BCUT2D eigenvalue weighted by Crippen LogP contribution is 2.30. The van der Waals surface area contributed by atoms with Gasteiger partial charge in [0.15, 0.2) is 0 Å². The smallest absolute Gasteiger partial charge is 0.132 e. The van der Waals surface area contributed by atoms with E-state index in [-0.39, 0.29) is 0 Å². The Morgan fingerprint density at radius 3 is 2.79 bits per heavy atom. The summed E-state index contributed by atoms with van der Waals surface area (Å²) < 4.78 is 5.26. The number of benzene rings is 1. The summed E-state index contributed by atoms with van der Waals surface area (Å²) in [6.07, 6.45) is 0. The summed E-state index contributed by atoms with van der Waals surface area (Å²) in [5.74, 6) is 3.22. The van der Waals surface area contributed by atoms with Crippen LogP contribution in [0.1, 0.15) is 6.92 Å². The highest BCUT2D eigenvalue weighted by Gasteiger charge is 2.05. The third-order valence-corrected chi connectivity index (χ3v) is 3.77. The molecule has 0 spiro atoms. The number of halogens is 1. The molecule has 1 atom stereocenters. The third kappa shape index (κ3) is 3.43. The van der Waals surface area contributed by atoms with Crippen molar-refractivity contribution in [1.29, 1.82) is 0 Å². The van der Waals surface area contributed by atoms with E-state index >= 15 is 0 Å². The summed E-state index contributed by atoms with van der Waals surface area (Å²) in [5, 5.41) is 0. The van der Waals surface area contributed by atoms with Crippen molar-refractivity contribution in [3.05, 3.63) is 24.3 Å². The van der Waals surface area contributed by atoms with Crippen LogP contribution < -0.4 is 4.74 Å². The fraction of sp³-hybridized carbons (Fsp3) is 0.455. The molecular weight excluding hydrogens is 216 g/mol. The first-order chi connectivity index (χ1) is 6.77. The molecule has 0 N–H and O–H groups in total. The zero-order valence-electron chi connectivity index (χ0n) is 8.50. The van der Waals surface area contributed by atoms with E-state index in [0.29, 0.717) is 11.8 Å². The normalized spacial score (nSPS) is 12.5. The molecule has 0 aromatic heterocycles. The molecular formula is C11H15ClOS. The summed E-state index contributed by atoms with van der Waals surface area (Å²) >= 11 is 7.54. The zero-order chi connectivity index (χ0) is 10.4. The Hall–Kier alpha value is -0.340. The van der Waals surface area contributed by atoms with Gasteiger partial charge in [-0.3, -0.25) is 0 Å². The number of para-hydroxylation sites is 1. The quantitative estimate of drug-likeness (QED) is 0.564. The Labute approximate surface area is 94.8 Å². The summed E-state index contributed by atoms with van der Waals surface area (Å²) in [6, 6.07) is 8.06. The van der Waals surface area contributed by atoms with Crippen LogP contribution in [-0.2, 0) is 0 Å². The van der Waals surface area contributed by atoms with Crippen LogP contribution in [0, 0.1) is 5.92 Å². The van der Waals surface area contributed by atoms with Crippen molar-refractivity contribution < 1.29 is 4.74 Å². The number of thioether (sulfide) groups is 1. The van der Waals surface area contributed by atoms with Crippen molar-refractivity contribution >= 4 is 23.4 Å². The van der Waals surface area contributed by atoms with E-state index in [1.807, 2.05) is 18.2 Å². The van der Waals surface area contributed by atoms with Gasteiger partial charge in [0.1, 0.15) is 5.75 Å². The van der Waals surface area contributed by atoms with Crippen LogP contribution >= 0.6 is 23.4 Å². The van der Waals surface area contributed by atoms with E-state index in [1.54, 1.807) is 18.9 Å². The van der Waals surface area contributed by atoms with Crippen LogP contribution in [0.3, 0.4) is 0 Å². The van der Waals surface area contributed by atoms with Gasteiger partial charge >= 0.3 is 0 Å². The maximum absolute atomic E-state index is 5.75. The molecule has 0 aliphatic rings. The standard InChI is InChI=1S/C11H15ClOS/c1-9(7-12)8-14-11-6-4-3-5-10(11)13-2/h3-6,9H,7-8H2,1-2H3. The number of alkyl halides is 1. The Bertz CT molecular complexity index is 278. The van der Waals surface area contributed by atoms with Crippen LogP contribution in [-0.4, -0.2) is 18.7 Å². The van der Waals surface area contributed by atoms with Gasteiger partial charge in [0.25, 0.3) is 0 Å². The summed E-state index contributed by atoms with van der Waals surface area (Å²) in [6.45, 7) is 2.15. The second kappa shape index (κ2) is 6.20. The number of rotatable bonds is 5. The van der Waals surface area contributed by atoms with Crippen molar-refractivity contribution in [2.45, 2.75) is 11.8 Å². The number of methoxy groups -OCH3 is 1. The first-order valence-corrected chi connectivity index (χ1v) is 6.11. The molecule has 0 aliphatic carbocycles. The van der Waals surface area contributed by atoms with Gasteiger partial charge in [0.2, 0.25) is 0 Å². The number of hydrogen-bond acceptors (Lipinski definition) is 2. The fourth-order valence-corrected chi connectivity index (χ4v) is 2.30. The second-order valence-electron chi connectivity index (χ2n) is 3.22. The van der Waals surface area contributed by atoms with E-state index in [4.69, 9.17) is 16.3 Å². The maximum Gasteiger partial charge on any atom is 0.132 e. The summed E-state index contributed by atoms with van der Waals surface area (Å²) in [4.78, 5) is 1.19. The first kappa shape index (κ1) is 11.7. The monoisotopic (exact) mass is 230 g/mol. The summed E-state index contributed by atoms with van der Waals surface area (Å²) in [7, 11) is 1.70. The topological polar surface area (TPSA) is 9.23 Å². The SMILES string of the molecule is COc1ccccc1SCC(C)CCl. The van der Waals surface area contributed by atoms with E-state index in [9.17, 15) is 0 Å². The molecule has 0 saturated heterocycles.